The van der Waals surface area contributed by atoms with E-state index < -0.39 is 0 Å². The molecule has 0 heterocycles. The topological polar surface area (TPSA) is 27.7 Å². The second kappa shape index (κ2) is 40.0. The van der Waals surface area contributed by atoms with Crippen molar-refractivity contribution in [3.8, 4) is 0 Å². The summed E-state index contributed by atoms with van der Waals surface area (Å²) in [6, 6.07) is 0. The van der Waals surface area contributed by atoms with Gasteiger partial charge in [-0.15, -0.1) is 23.2 Å². The molecule has 3 nitrogen and oxygen atoms in total. The molecule has 0 radical (unpaired) electrons. The van der Waals surface area contributed by atoms with E-state index in [0.717, 1.165) is 100 Å². The Balaban J connectivity index is 5.33. The monoisotopic (exact) mass is 875 g/mol. The maximum Gasteiger partial charge on any atom is 0.160 e. The molecule has 0 N–H and O–H groups in total. The second-order valence-corrected chi connectivity index (χ2v) is 22.6. The Morgan fingerprint density at radius 1 is 0.305 bits per heavy atom. The van der Waals surface area contributed by atoms with E-state index in [4.69, 9.17) is 37.4 Å². The summed E-state index contributed by atoms with van der Waals surface area (Å²) < 4.78 is 20.1. The Kier molecular flexibility index (Phi) is 40.3. The van der Waals surface area contributed by atoms with Gasteiger partial charge < -0.3 is 14.2 Å². The molecule has 356 valence electrons. The van der Waals surface area contributed by atoms with Gasteiger partial charge in [-0.25, -0.2) is 0 Å². The zero-order valence-corrected chi connectivity index (χ0v) is 43.6. The van der Waals surface area contributed by atoms with Crippen molar-refractivity contribution in [3.63, 3.8) is 0 Å². The van der Waals surface area contributed by atoms with Gasteiger partial charge in [0, 0.05) is 24.0 Å². The second-order valence-electron chi connectivity index (χ2n) is 21.1. The third-order valence-electron chi connectivity index (χ3n) is 13.0. The molecule has 0 fully saturated rings. The lowest BCUT2D eigenvalue weighted by Crippen LogP contribution is -2.28. The lowest BCUT2D eigenvalue weighted by molar-refractivity contribution is -0.250. The Hall–Kier alpha value is 0.460. The van der Waals surface area contributed by atoms with E-state index in [1.165, 1.54) is 128 Å². The van der Waals surface area contributed by atoms with E-state index >= 15 is 0 Å². The van der Waals surface area contributed by atoms with Crippen LogP contribution in [0.25, 0.3) is 0 Å². The van der Waals surface area contributed by atoms with Crippen molar-refractivity contribution in [1.29, 1.82) is 0 Å². The maximum absolute atomic E-state index is 6.87. The normalized spacial score (nSPS) is 18.4. The van der Waals surface area contributed by atoms with Crippen molar-refractivity contribution < 1.29 is 14.2 Å². The summed E-state index contributed by atoms with van der Waals surface area (Å²) in [7, 11) is 0. The van der Waals surface area contributed by atoms with E-state index in [1.807, 2.05) is 0 Å². The third-order valence-corrected chi connectivity index (χ3v) is 13.3. The molecule has 0 aromatic rings. The largest absolute Gasteiger partial charge is 0.353 e. The molecule has 0 aromatic heterocycles. The Morgan fingerprint density at radius 3 is 0.881 bits per heavy atom. The first-order chi connectivity index (χ1) is 28.1. The fourth-order valence-corrected chi connectivity index (χ4v) is 11.0. The minimum absolute atomic E-state index is 0.173. The molecule has 0 bridgehead atoms. The van der Waals surface area contributed by atoms with E-state index in [1.54, 1.807) is 0 Å². The Bertz CT molecular complexity index is 801. The van der Waals surface area contributed by atoms with Gasteiger partial charge in [0.1, 0.15) is 0 Å². The van der Waals surface area contributed by atoms with Gasteiger partial charge in [-0.05, 0) is 151 Å². The van der Waals surface area contributed by atoms with E-state index in [2.05, 4.69) is 83.1 Å². The summed E-state index contributed by atoms with van der Waals surface area (Å²) in [5.74, 6) is 5.89. The number of ether oxygens (including phenoxy) is 3. The van der Waals surface area contributed by atoms with Crippen LogP contribution in [0, 0.1) is 47.3 Å². The Morgan fingerprint density at radius 2 is 0.576 bits per heavy atom. The molecule has 0 saturated heterocycles. The predicted octanol–water partition coefficient (Wildman–Crippen LogP) is 19.0. The van der Waals surface area contributed by atoms with Crippen LogP contribution in [-0.2, 0) is 14.2 Å². The molecule has 0 aliphatic heterocycles. The van der Waals surface area contributed by atoms with Crippen molar-refractivity contribution in [2.45, 2.75) is 286 Å². The highest BCUT2D eigenvalue weighted by Crippen LogP contribution is 2.30. The molecule has 0 rings (SSSR count). The summed E-state index contributed by atoms with van der Waals surface area (Å²) in [5.41, 5.74) is 0. The molecule has 0 saturated carbocycles. The minimum atomic E-state index is -0.173. The van der Waals surface area contributed by atoms with Gasteiger partial charge >= 0.3 is 0 Å². The van der Waals surface area contributed by atoms with Crippen LogP contribution in [0.5, 0.6) is 0 Å². The number of hydrogen-bond acceptors (Lipinski definition) is 3. The van der Waals surface area contributed by atoms with Crippen LogP contribution >= 0.6 is 23.2 Å². The average molecular weight is 876 g/mol. The van der Waals surface area contributed by atoms with Gasteiger partial charge in [0.05, 0.1) is 0 Å². The van der Waals surface area contributed by atoms with Crippen molar-refractivity contribution in [3.05, 3.63) is 0 Å². The lowest BCUT2D eigenvalue weighted by atomic mass is 9.83. The van der Waals surface area contributed by atoms with Gasteiger partial charge in [-0.3, -0.25) is 0 Å². The highest BCUT2D eigenvalue weighted by Gasteiger charge is 2.21. The van der Waals surface area contributed by atoms with E-state index in [0.29, 0.717) is 11.8 Å². The zero-order valence-electron chi connectivity index (χ0n) is 42.1. The highest BCUT2D eigenvalue weighted by molar-refractivity contribution is 6.20. The molecule has 12 unspecified atom stereocenters. The first-order valence-electron chi connectivity index (χ1n) is 26.3. The van der Waals surface area contributed by atoms with Gasteiger partial charge in [0.15, 0.2) is 12.6 Å². The van der Waals surface area contributed by atoms with Crippen LogP contribution in [0.15, 0.2) is 0 Å². The standard InChI is InChI=1S/C54H108Cl2O3/c1-13-15-17-19-21-23-25-33-57-53(31-27-29-43(3)35-45(5)37-47(7)39-49(9)41-51(11)55)59-54(58-34-26-24-22-20-18-16-14-2)32-28-30-44(4)36-46(6)38-48(8)40-50(10)42-52(12)56/h43-54H,13-42H2,1-12H3. The molecule has 12 atom stereocenters. The smallest absolute Gasteiger partial charge is 0.160 e. The first-order valence-corrected chi connectivity index (χ1v) is 27.2. The van der Waals surface area contributed by atoms with Crippen LogP contribution in [0.3, 0.4) is 0 Å². The highest BCUT2D eigenvalue weighted by atomic mass is 35.5. The summed E-state index contributed by atoms with van der Waals surface area (Å²) in [6.07, 6.45) is 34.6. The third kappa shape index (κ3) is 39.8. The number of hydrogen-bond donors (Lipinski definition) is 0. The minimum Gasteiger partial charge on any atom is -0.353 e. The molecular formula is C54H108Cl2O3. The van der Waals surface area contributed by atoms with Gasteiger partial charge in [0.25, 0.3) is 0 Å². The lowest BCUT2D eigenvalue weighted by Gasteiger charge is -2.27. The van der Waals surface area contributed by atoms with Crippen LogP contribution < -0.4 is 0 Å². The average Bonchev–Trinajstić information content (AvgIpc) is 3.12. The number of halogens is 2. The Labute approximate surface area is 382 Å². The SMILES string of the molecule is CCCCCCCCCOC(CCCC(C)CC(C)CC(C)CC(C)CC(C)Cl)OC(CCCC(C)CC(C)CC(C)CC(C)CC(C)Cl)OCCCCCCCCC. The van der Waals surface area contributed by atoms with Crippen molar-refractivity contribution in [2.24, 2.45) is 47.3 Å². The zero-order chi connectivity index (χ0) is 44.3. The molecule has 59 heavy (non-hydrogen) atoms. The van der Waals surface area contributed by atoms with Gasteiger partial charge in [-0.2, -0.15) is 0 Å². The van der Waals surface area contributed by atoms with E-state index in [-0.39, 0.29) is 23.3 Å². The van der Waals surface area contributed by atoms with Crippen LogP contribution in [0.1, 0.15) is 263 Å². The quantitative estimate of drug-likeness (QED) is 0.0347. The molecule has 0 spiro atoms. The molecule has 0 aliphatic carbocycles. The fourth-order valence-electron chi connectivity index (χ4n) is 10.4. The summed E-state index contributed by atoms with van der Waals surface area (Å²) in [4.78, 5) is 0. The summed E-state index contributed by atoms with van der Waals surface area (Å²) in [5, 5.41) is 0.557. The fraction of sp³-hybridized carbons (Fsp3) is 1.00. The van der Waals surface area contributed by atoms with Crippen molar-refractivity contribution in [2.75, 3.05) is 13.2 Å². The van der Waals surface area contributed by atoms with Crippen LogP contribution in [0.2, 0.25) is 0 Å². The molecule has 0 amide bonds. The summed E-state index contributed by atoms with van der Waals surface area (Å²) >= 11 is 12.6. The number of rotatable bonds is 44. The predicted molar refractivity (Wildman–Crippen MR) is 265 cm³/mol. The summed E-state index contributed by atoms with van der Waals surface area (Å²) in [6.45, 7) is 30.0. The van der Waals surface area contributed by atoms with Crippen LogP contribution in [-0.4, -0.2) is 36.5 Å². The maximum atomic E-state index is 6.87. The van der Waals surface area contributed by atoms with Crippen molar-refractivity contribution >= 4 is 23.2 Å². The molecule has 0 aliphatic rings. The number of unbranched alkanes of at least 4 members (excludes halogenated alkanes) is 12. The van der Waals surface area contributed by atoms with Gasteiger partial charge in [0.2, 0.25) is 0 Å². The van der Waals surface area contributed by atoms with Gasteiger partial charge in [-0.1, -0.05) is 159 Å². The van der Waals surface area contributed by atoms with E-state index in [9.17, 15) is 0 Å². The van der Waals surface area contributed by atoms with Crippen LogP contribution in [0.4, 0.5) is 0 Å². The molecule has 5 heteroatoms. The number of alkyl halides is 2. The molecular weight excluding hydrogens is 767 g/mol. The first kappa shape index (κ1) is 59.5. The van der Waals surface area contributed by atoms with Crippen molar-refractivity contribution in [1.82, 2.24) is 0 Å². The molecule has 0 aromatic carbocycles.